The average molecular weight is 365 g/mol. The Hall–Kier alpha value is -2.74. The van der Waals surface area contributed by atoms with Gasteiger partial charge in [0, 0.05) is 25.5 Å². The molecule has 0 aliphatic rings. The summed E-state index contributed by atoms with van der Waals surface area (Å²) in [5.41, 5.74) is 1.87. The minimum atomic E-state index is -2.89. The van der Waals surface area contributed by atoms with Gasteiger partial charge >= 0.3 is 12.6 Å². The average Bonchev–Trinajstić information content (AvgIpc) is 2.61. The Morgan fingerprint density at radius 1 is 1.31 bits per heavy atom. The van der Waals surface area contributed by atoms with E-state index in [9.17, 15) is 13.6 Å². The summed E-state index contributed by atoms with van der Waals surface area (Å²) < 4.78 is 34.0. The number of rotatable bonds is 8. The first-order chi connectivity index (χ1) is 12.5. The Morgan fingerprint density at radius 2 is 2.12 bits per heavy atom. The molecule has 0 spiro atoms. The predicted octanol–water partition coefficient (Wildman–Crippen LogP) is 3.67. The summed E-state index contributed by atoms with van der Waals surface area (Å²) in [6, 6.07) is 9.50. The Morgan fingerprint density at radius 3 is 2.73 bits per heavy atom. The minimum absolute atomic E-state index is 0.0419. The van der Waals surface area contributed by atoms with Crippen LogP contribution in [-0.2, 0) is 11.3 Å². The van der Waals surface area contributed by atoms with E-state index < -0.39 is 6.61 Å². The van der Waals surface area contributed by atoms with Crippen molar-refractivity contribution in [3.8, 4) is 5.75 Å². The van der Waals surface area contributed by atoms with Crippen LogP contribution in [-0.4, -0.2) is 42.8 Å². The highest BCUT2D eigenvalue weighted by Crippen LogP contribution is 2.23. The Balaban J connectivity index is 2.08. The number of carbonyl (C=O) groups excluding carboxylic acids is 1. The molecule has 6 nitrogen and oxygen atoms in total. The van der Waals surface area contributed by atoms with Gasteiger partial charge in [0.05, 0.1) is 18.8 Å². The first-order valence-electron chi connectivity index (χ1n) is 8.00. The molecule has 0 unspecified atom stereocenters. The number of nitrogens with zero attached hydrogens (tertiary/aromatic N) is 2. The summed E-state index contributed by atoms with van der Waals surface area (Å²) in [5.74, 6) is 0.0419. The largest absolute Gasteiger partial charge is 0.435 e. The van der Waals surface area contributed by atoms with Crippen molar-refractivity contribution < 1.29 is 23.0 Å². The fourth-order valence-electron chi connectivity index (χ4n) is 2.29. The summed E-state index contributed by atoms with van der Waals surface area (Å²) >= 11 is 0. The van der Waals surface area contributed by atoms with Crippen molar-refractivity contribution in [2.45, 2.75) is 20.1 Å². The van der Waals surface area contributed by atoms with Gasteiger partial charge in [0.1, 0.15) is 5.75 Å². The third kappa shape index (κ3) is 5.96. The van der Waals surface area contributed by atoms with Crippen LogP contribution >= 0.6 is 0 Å². The number of aromatic nitrogens is 1. The van der Waals surface area contributed by atoms with Crippen molar-refractivity contribution in [2.24, 2.45) is 0 Å². The van der Waals surface area contributed by atoms with Crippen molar-refractivity contribution in [1.82, 2.24) is 9.88 Å². The Bertz CT molecular complexity index is 714. The van der Waals surface area contributed by atoms with Crippen LogP contribution in [0.2, 0.25) is 0 Å². The van der Waals surface area contributed by atoms with Gasteiger partial charge in [-0.1, -0.05) is 6.07 Å². The lowest BCUT2D eigenvalue weighted by Crippen LogP contribution is -2.37. The number of hydrogen-bond acceptors (Lipinski definition) is 4. The summed E-state index contributed by atoms with van der Waals surface area (Å²) in [7, 11) is 1.56. The molecule has 26 heavy (non-hydrogen) atoms. The van der Waals surface area contributed by atoms with E-state index in [0.29, 0.717) is 30.9 Å². The third-order valence-electron chi connectivity index (χ3n) is 3.60. The second-order valence-electron chi connectivity index (χ2n) is 5.52. The predicted molar refractivity (Wildman–Crippen MR) is 93.4 cm³/mol. The smallest absolute Gasteiger partial charge is 0.387 e. The number of carbonyl (C=O) groups is 1. The first-order valence-corrected chi connectivity index (χ1v) is 8.00. The van der Waals surface area contributed by atoms with E-state index >= 15 is 0 Å². The van der Waals surface area contributed by atoms with E-state index in [0.717, 1.165) is 5.69 Å². The van der Waals surface area contributed by atoms with Crippen molar-refractivity contribution >= 4 is 11.7 Å². The lowest BCUT2D eigenvalue weighted by molar-refractivity contribution is -0.0498. The van der Waals surface area contributed by atoms with Crippen molar-refractivity contribution in [3.63, 3.8) is 0 Å². The summed E-state index contributed by atoms with van der Waals surface area (Å²) in [5, 5.41) is 2.78. The molecule has 0 atom stereocenters. The van der Waals surface area contributed by atoms with E-state index in [1.807, 2.05) is 12.1 Å². The molecule has 8 heteroatoms. The van der Waals surface area contributed by atoms with Gasteiger partial charge in [-0.2, -0.15) is 8.78 Å². The van der Waals surface area contributed by atoms with Gasteiger partial charge in [-0.15, -0.1) is 0 Å². The monoisotopic (exact) mass is 365 g/mol. The summed E-state index contributed by atoms with van der Waals surface area (Å²) in [4.78, 5) is 18.4. The van der Waals surface area contributed by atoms with Crippen LogP contribution in [0.25, 0.3) is 0 Å². The molecule has 0 aliphatic heterocycles. The van der Waals surface area contributed by atoms with Crippen LogP contribution in [0.3, 0.4) is 0 Å². The maximum Gasteiger partial charge on any atom is 0.387 e. The third-order valence-corrected chi connectivity index (χ3v) is 3.60. The molecular formula is C18H21F2N3O3. The van der Waals surface area contributed by atoms with Gasteiger partial charge in [-0.25, -0.2) is 4.79 Å². The maximum atomic E-state index is 12.6. The molecule has 0 saturated heterocycles. The zero-order valence-corrected chi connectivity index (χ0v) is 14.6. The van der Waals surface area contributed by atoms with Crippen molar-refractivity contribution in [1.29, 1.82) is 0 Å². The molecule has 0 fully saturated rings. The second-order valence-corrected chi connectivity index (χ2v) is 5.52. The molecule has 1 aromatic heterocycles. The number of benzene rings is 1. The lowest BCUT2D eigenvalue weighted by atomic mass is 10.2. The van der Waals surface area contributed by atoms with Crippen LogP contribution < -0.4 is 10.1 Å². The standard InChI is InChI=1S/C18H21F2N3O3/c1-13-11-15(26-17(19)20)6-7-16(13)22-18(24)23(9-10-25-2)12-14-5-3-4-8-21-14/h3-8,11,17H,9-10,12H2,1-2H3,(H,22,24). The van der Waals surface area contributed by atoms with Gasteiger partial charge in [0.25, 0.3) is 0 Å². The van der Waals surface area contributed by atoms with Gasteiger partial charge in [0.15, 0.2) is 0 Å². The molecule has 0 saturated carbocycles. The molecular weight excluding hydrogens is 344 g/mol. The number of urea groups is 1. The number of pyridine rings is 1. The summed E-state index contributed by atoms with van der Waals surface area (Å²) in [6.45, 7) is -0.114. The highest BCUT2D eigenvalue weighted by molar-refractivity contribution is 5.90. The highest BCUT2D eigenvalue weighted by Gasteiger charge is 2.16. The number of halogens is 2. The highest BCUT2D eigenvalue weighted by atomic mass is 19.3. The number of alkyl halides is 2. The number of aryl methyl sites for hydroxylation is 1. The number of amides is 2. The molecule has 2 aromatic rings. The number of methoxy groups -OCH3 is 1. The molecule has 0 radical (unpaired) electrons. The second kappa shape index (κ2) is 9.67. The molecule has 2 amide bonds. The first kappa shape index (κ1) is 19.6. The van der Waals surface area contributed by atoms with Crippen LogP contribution in [0.5, 0.6) is 5.75 Å². The zero-order chi connectivity index (χ0) is 18.9. The van der Waals surface area contributed by atoms with Gasteiger partial charge in [-0.3, -0.25) is 4.98 Å². The Kier molecular flexibility index (Phi) is 7.28. The van der Waals surface area contributed by atoms with Gasteiger partial charge < -0.3 is 19.7 Å². The molecule has 1 N–H and O–H groups in total. The van der Waals surface area contributed by atoms with Crippen LogP contribution in [0.4, 0.5) is 19.3 Å². The molecule has 1 heterocycles. The van der Waals surface area contributed by atoms with E-state index in [1.165, 1.54) is 18.2 Å². The topological polar surface area (TPSA) is 63.7 Å². The summed E-state index contributed by atoms with van der Waals surface area (Å²) in [6.07, 6.45) is 1.66. The van der Waals surface area contributed by atoms with Gasteiger partial charge in [0.2, 0.25) is 0 Å². The molecule has 2 rings (SSSR count). The van der Waals surface area contributed by atoms with Crippen molar-refractivity contribution in [2.75, 3.05) is 25.6 Å². The fraction of sp³-hybridized carbons (Fsp3) is 0.333. The van der Waals surface area contributed by atoms with Crippen LogP contribution in [0.1, 0.15) is 11.3 Å². The SMILES string of the molecule is COCCN(Cc1ccccn1)C(=O)Nc1ccc(OC(F)F)cc1C. The molecule has 1 aromatic carbocycles. The van der Waals surface area contributed by atoms with E-state index in [4.69, 9.17) is 4.74 Å². The van der Waals surface area contributed by atoms with Gasteiger partial charge in [-0.05, 0) is 42.8 Å². The maximum absolute atomic E-state index is 12.6. The number of hydrogen-bond donors (Lipinski definition) is 1. The number of anilines is 1. The van der Waals surface area contributed by atoms with Crippen LogP contribution in [0.15, 0.2) is 42.6 Å². The fourth-order valence-corrected chi connectivity index (χ4v) is 2.29. The van der Waals surface area contributed by atoms with E-state index in [-0.39, 0.29) is 11.8 Å². The van der Waals surface area contributed by atoms with E-state index in [1.54, 1.807) is 31.2 Å². The molecule has 0 bridgehead atoms. The molecule has 0 aliphatic carbocycles. The number of ether oxygens (including phenoxy) is 2. The lowest BCUT2D eigenvalue weighted by Gasteiger charge is -2.23. The van der Waals surface area contributed by atoms with E-state index in [2.05, 4.69) is 15.0 Å². The van der Waals surface area contributed by atoms with Crippen molar-refractivity contribution in [3.05, 3.63) is 53.9 Å². The Labute approximate surface area is 150 Å². The molecule has 140 valence electrons. The zero-order valence-electron chi connectivity index (χ0n) is 14.6. The minimum Gasteiger partial charge on any atom is -0.435 e. The quantitative estimate of drug-likeness (QED) is 0.775. The number of nitrogens with one attached hydrogen (secondary N) is 1. The van der Waals surface area contributed by atoms with Crippen LogP contribution in [0, 0.1) is 6.92 Å². The normalized spacial score (nSPS) is 10.7.